The number of hydrazine groups is 1. The summed E-state index contributed by atoms with van der Waals surface area (Å²) in [5.74, 6) is 0. The minimum absolute atomic E-state index is 0.129. The molecule has 1 atom stereocenters. The first-order valence-electron chi connectivity index (χ1n) is 14.8. The Labute approximate surface area is 252 Å². The molecule has 0 aliphatic rings. The van der Waals surface area contributed by atoms with Crippen LogP contribution in [0.5, 0.6) is 0 Å². The number of pyridine rings is 2. The van der Waals surface area contributed by atoms with E-state index in [1.54, 1.807) is 31.6 Å². The number of amides is 1. The molecular formula is C32H44N6O3S. The fourth-order valence-corrected chi connectivity index (χ4v) is 6.44. The smallest absolute Gasteiger partial charge is 0.221 e. The van der Waals surface area contributed by atoms with Gasteiger partial charge >= 0.3 is 0 Å². The van der Waals surface area contributed by atoms with E-state index >= 15 is 0 Å². The second kappa shape index (κ2) is 14.8. The van der Waals surface area contributed by atoms with Gasteiger partial charge in [-0.1, -0.05) is 26.7 Å². The molecule has 226 valence electrons. The van der Waals surface area contributed by atoms with Crippen LogP contribution in [0.15, 0.2) is 35.8 Å². The number of aromatic nitrogens is 4. The number of hydrogen-bond acceptors (Lipinski definition) is 8. The van der Waals surface area contributed by atoms with Crippen molar-refractivity contribution in [2.24, 2.45) is 5.41 Å². The van der Waals surface area contributed by atoms with Crippen LogP contribution in [0.25, 0.3) is 33.7 Å². The molecule has 4 aromatic rings. The van der Waals surface area contributed by atoms with Crippen molar-refractivity contribution in [2.45, 2.75) is 78.9 Å². The maximum atomic E-state index is 10.6. The van der Waals surface area contributed by atoms with Gasteiger partial charge in [-0.3, -0.25) is 15.2 Å². The lowest BCUT2D eigenvalue weighted by Gasteiger charge is -2.24. The minimum Gasteiger partial charge on any atom is -0.387 e. The largest absolute Gasteiger partial charge is 0.387 e. The van der Waals surface area contributed by atoms with Crippen LogP contribution in [0.2, 0.25) is 0 Å². The third-order valence-corrected chi connectivity index (χ3v) is 8.33. The Bertz CT molecular complexity index is 1460. The molecule has 42 heavy (non-hydrogen) atoms. The molecule has 0 aliphatic heterocycles. The number of aliphatic hydroxyl groups excluding tert-OH is 1. The summed E-state index contributed by atoms with van der Waals surface area (Å²) in [6, 6.07) is 8.21. The number of aliphatic hydroxyl groups is 1. The number of fused-ring (bicyclic) bond motifs is 1. The maximum absolute atomic E-state index is 10.6. The number of nitrogens with zero attached hydrogens (tertiary/aromatic N) is 4. The van der Waals surface area contributed by atoms with E-state index in [9.17, 15) is 9.90 Å². The molecule has 0 saturated carbocycles. The minimum atomic E-state index is -0.697. The molecule has 10 heteroatoms. The van der Waals surface area contributed by atoms with E-state index in [4.69, 9.17) is 14.7 Å². The van der Waals surface area contributed by atoms with E-state index < -0.39 is 6.10 Å². The van der Waals surface area contributed by atoms with Gasteiger partial charge < -0.3 is 14.4 Å². The zero-order valence-electron chi connectivity index (χ0n) is 25.4. The summed E-state index contributed by atoms with van der Waals surface area (Å²) in [4.78, 5) is 25.0. The van der Waals surface area contributed by atoms with Gasteiger partial charge in [0.05, 0.1) is 51.5 Å². The van der Waals surface area contributed by atoms with E-state index in [0.717, 1.165) is 95.9 Å². The summed E-state index contributed by atoms with van der Waals surface area (Å²) in [7, 11) is 1.74. The standard InChI is InChI=1S/C32H44N6O3S/c1-6-38-27-15-14-25(26-19-42-28(36-26)13-9-7-8-10-17-34-35-21-39)37-30(27)24(18-32(3,4)20-41-5)31(38)23-12-11-16-33-29(23)22(2)40/h11-12,14-16,19,21-22,34,40H,6-10,13,17-18,20H2,1-5H3,(H,35,39). The number of methoxy groups -OCH3 is 1. The van der Waals surface area contributed by atoms with Gasteiger partial charge in [0, 0.05) is 42.9 Å². The number of thiazole rings is 1. The second-order valence-corrected chi connectivity index (χ2v) is 12.4. The second-order valence-electron chi connectivity index (χ2n) is 11.5. The molecule has 1 unspecified atom stereocenters. The Morgan fingerprint density at radius 1 is 1.14 bits per heavy atom. The molecule has 4 rings (SSSR count). The van der Waals surface area contributed by atoms with Crippen molar-refractivity contribution in [3.63, 3.8) is 0 Å². The number of aryl methyl sites for hydroxylation is 2. The van der Waals surface area contributed by atoms with Gasteiger partial charge in [0.15, 0.2) is 0 Å². The van der Waals surface area contributed by atoms with Crippen molar-refractivity contribution in [1.82, 2.24) is 30.4 Å². The van der Waals surface area contributed by atoms with E-state index in [1.807, 2.05) is 6.07 Å². The fourth-order valence-electron chi connectivity index (χ4n) is 5.61. The average Bonchev–Trinajstić information content (AvgIpc) is 3.56. The number of nitrogens with one attached hydrogen (secondary N) is 2. The van der Waals surface area contributed by atoms with Crippen LogP contribution in [-0.4, -0.2) is 51.3 Å². The topological polar surface area (TPSA) is 114 Å². The Balaban J connectivity index is 1.67. The van der Waals surface area contributed by atoms with E-state index in [1.165, 1.54) is 0 Å². The predicted molar refractivity (Wildman–Crippen MR) is 169 cm³/mol. The summed E-state index contributed by atoms with van der Waals surface area (Å²) in [6.45, 7) is 10.5. The van der Waals surface area contributed by atoms with Crippen molar-refractivity contribution in [3.05, 3.63) is 52.1 Å². The third-order valence-electron chi connectivity index (χ3n) is 7.42. The van der Waals surface area contributed by atoms with E-state index in [2.05, 4.69) is 64.8 Å². The number of ether oxygens (including phenoxy) is 1. The Kier molecular flexibility index (Phi) is 11.2. The Hall–Kier alpha value is -3.18. The van der Waals surface area contributed by atoms with Crippen LogP contribution in [0.4, 0.5) is 0 Å². The first-order valence-corrected chi connectivity index (χ1v) is 15.7. The lowest BCUT2D eigenvalue weighted by Crippen LogP contribution is -2.30. The van der Waals surface area contributed by atoms with Crippen LogP contribution in [0.1, 0.15) is 75.7 Å². The first-order chi connectivity index (χ1) is 20.3. The molecule has 0 spiro atoms. The summed E-state index contributed by atoms with van der Waals surface area (Å²) in [6.07, 6.45) is 7.73. The molecule has 0 radical (unpaired) electrons. The lowest BCUT2D eigenvalue weighted by atomic mass is 9.85. The highest BCUT2D eigenvalue weighted by Crippen LogP contribution is 2.40. The van der Waals surface area contributed by atoms with Crippen molar-refractivity contribution < 1.29 is 14.6 Å². The molecular weight excluding hydrogens is 548 g/mol. The van der Waals surface area contributed by atoms with Gasteiger partial charge in [0.1, 0.15) is 0 Å². The molecule has 0 saturated heterocycles. The molecule has 3 N–H and O–H groups in total. The molecule has 4 aromatic heterocycles. The maximum Gasteiger partial charge on any atom is 0.221 e. The summed E-state index contributed by atoms with van der Waals surface area (Å²) in [5.41, 5.74) is 12.8. The highest BCUT2D eigenvalue weighted by Gasteiger charge is 2.28. The number of carbonyl (C=O) groups excluding carboxylic acids is 1. The normalized spacial score (nSPS) is 12.6. The van der Waals surface area contributed by atoms with Crippen molar-refractivity contribution in [3.8, 4) is 22.6 Å². The number of unbranched alkanes of at least 4 members (excludes halogenated alkanes) is 3. The monoisotopic (exact) mass is 592 g/mol. The predicted octanol–water partition coefficient (Wildman–Crippen LogP) is 5.86. The van der Waals surface area contributed by atoms with Gasteiger partial charge in [-0.05, 0) is 69.2 Å². The van der Waals surface area contributed by atoms with Crippen LogP contribution < -0.4 is 10.9 Å². The van der Waals surface area contributed by atoms with Crippen molar-refractivity contribution >= 4 is 28.8 Å². The summed E-state index contributed by atoms with van der Waals surface area (Å²) in [5, 5.41) is 13.8. The van der Waals surface area contributed by atoms with Crippen LogP contribution in [-0.2, 0) is 28.9 Å². The fraction of sp³-hybridized carbons (Fsp3) is 0.500. The molecule has 4 heterocycles. The van der Waals surface area contributed by atoms with Crippen LogP contribution in [0.3, 0.4) is 0 Å². The first kappa shape index (κ1) is 31.7. The van der Waals surface area contributed by atoms with E-state index in [0.29, 0.717) is 18.7 Å². The van der Waals surface area contributed by atoms with Crippen molar-refractivity contribution in [1.29, 1.82) is 0 Å². The third kappa shape index (κ3) is 7.60. The molecule has 0 aliphatic carbocycles. The number of rotatable bonds is 17. The van der Waals surface area contributed by atoms with Crippen LogP contribution in [0, 0.1) is 5.41 Å². The zero-order valence-corrected chi connectivity index (χ0v) is 26.3. The number of hydrogen-bond donors (Lipinski definition) is 3. The van der Waals surface area contributed by atoms with Gasteiger partial charge in [-0.25, -0.2) is 15.4 Å². The summed E-state index contributed by atoms with van der Waals surface area (Å²) >= 11 is 1.69. The van der Waals surface area contributed by atoms with Crippen molar-refractivity contribution in [2.75, 3.05) is 20.3 Å². The molecule has 9 nitrogen and oxygen atoms in total. The van der Waals surface area contributed by atoms with E-state index in [-0.39, 0.29) is 5.41 Å². The highest BCUT2D eigenvalue weighted by atomic mass is 32.1. The molecule has 0 aromatic carbocycles. The summed E-state index contributed by atoms with van der Waals surface area (Å²) < 4.78 is 7.89. The van der Waals surface area contributed by atoms with Gasteiger partial charge in [0.2, 0.25) is 6.41 Å². The lowest BCUT2D eigenvalue weighted by molar-refractivity contribution is -0.110. The Morgan fingerprint density at radius 3 is 2.69 bits per heavy atom. The quantitative estimate of drug-likeness (QED) is 0.0799. The molecule has 0 fully saturated rings. The number of carbonyl (C=O) groups is 1. The highest BCUT2D eigenvalue weighted by molar-refractivity contribution is 7.09. The van der Waals surface area contributed by atoms with Crippen LogP contribution >= 0.6 is 11.3 Å². The zero-order chi connectivity index (χ0) is 30.1. The Morgan fingerprint density at radius 2 is 1.95 bits per heavy atom. The SMILES string of the molecule is CCn1c(-c2cccnc2C(C)O)c(CC(C)(C)COC)c2nc(-c3csc(CCCCCCNNC=O)n3)ccc21. The molecule has 0 bridgehead atoms. The van der Waals surface area contributed by atoms with Gasteiger partial charge in [-0.15, -0.1) is 11.3 Å². The van der Waals surface area contributed by atoms with Gasteiger partial charge in [-0.2, -0.15) is 0 Å². The van der Waals surface area contributed by atoms with Gasteiger partial charge in [0.25, 0.3) is 0 Å². The molecule has 1 amide bonds. The average molecular weight is 593 g/mol.